The molecule has 1 heterocycles. The average Bonchev–Trinajstić information content (AvgIpc) is 2.74. The largest absolute Gasteiger partial charge is 0.354 e. The quantitative estimate of drug-likeness (QED) is 0.369. The van der Waals surface area contributed by atoms with Crippen molar-refractivity contribution < 1.29 is 4.39 Å². The van der Waals surface area contributed by atoms with E-state index in [4.69, 9.17) is 5.26 Å². The van der Waals surface area contributed by atoms with Gasteiger partial charge in [-0.2, -0.15) is 5.26 Å². The number of guanidine groups is 1. The Morgan fingerprint density at radius 1 is 1.17 bits per heavy atom. The zero-order valence-electron chi connectivity index (χ0n) is 16.6. The molecule has 154 valence electrons. The van der Waals surface area contributed by atoms with Crippen LogP contribution >= 0.6 is 24.0 Å². The summed E-state index contributed by atoms with van der Waals surface area (Å²) in [5.41, 5.74) is 2.86. The van der Waals surface area contributed by atoms with Gasteiger partial charge >= 0.3 is 0 Å². The third-order valence-electron chi connectivity index (χ3n) is 4.99. The van der Waals surface area contributed by atoms with Crippen molar-refractivity contribution in [3.05, 3.63) is 71.0 Å². The molecule has 0 radical (unpaired) electrons. The van der Waals surface area contributed by atoms with E-state index in [0.29, 0.717) is 18.2 Å². The van der Waals surface area contributed by atoms with Crippen molar-refractivity contribution in [2.45, 2.75) is 32.0 Å². The number of hydrogen-bond acceptors (Lipinski definition) is 3. The number of halogens is 2. The first-order valence-corrected chi connectivity index (χ1v) is 9.59. The molecule has 0 spiro atoms. The predicted molar refractivity (Wildman–Crippen MR) is 125 cm³/mol. The van der Waals surface area contributed by atoms with E-state index in [2.05, 4.69) is 26.6 Å². The monoisotopic (exact) mass is 507 g/mol. The molecule has 0 saturated carbocycles. The fraction of sp³-hybridized carbons (Fsp3) is 0.364. The first-order chi connectivity index (χ1) is 13.7. The molecule has 2 aromatic rings. The van der Waals surface area contributed by atoms with Crippen LogP contribution in [0.25, 0.3) is 0 Å². The van der Waals surface area contributed by atoms with Crippen LogP contribution in [0.5, 0.6) is 0 Å². The maximum absolute atomic E-state index is 13.0. The number of nitriles is 1. The van der Waals surface area contributed by atoms with Crippen LogP contribution in [-0.4, -0.2) is 37.0 Å². The molecule has 29 heavy (non-hydrogen) atoms. The Bertz CT molecular complexity index is 839. The van der Waals surface area contributed by atoms with Gasteiger partial charge in [0.2, 0.25) is 0 Å². The summed E-state index contributed by atoms with van der Waals surface area (Å²) >= 11 is 0. The molecule has 1 saturated heterocycles. The summed E-state index contributed by atoms with van der Waals surface area (Å²) in [4.78, 5) is 6.71. The lowest BCUT2D eigenvalue weighted by atomic mass is 10.0. The van der Waals surface area contributed by atoms with Gasteiger partial charge in [-0.1, -0.05) is 24.3 Å². The summed E-state index contributed by atoms with van der Waals surface area (Å²) in [6.07, 6.45) is 2.07. The van der Waals surface area contributed by atoms with Gasteiger partial charge in [-0.25, -0.2) is 4.39 Å². The van der Waals surface area contributed by atoms with Gasteiger partial charge in [0, 0.05) is 39.3 Å². The van der Waals surface area contributed by atoms with Gasteiger partial charge in [0.15, 0.2) is 5.96 Å². The number of benzene rings is 2. The number of rotatable bonds is 5. The van der Waals surface area contributed by atoms with E-state index in [1.54, 1.807) is 13.1 Å². The molecular formula is C22H27FIN5. The Hall–Kier alpha value is -2.18. The lowest BCUT2D eigenvalue weighted by molar-refractivity contribution is 0.198. The molecule has 0 amide bonds. The lowest BCUT2D eigenvalue weighted by Gasteiger charge is -2.33. The Labute approximate surface area is 189 Å². The van der Waals surface area contributed by atoms with Crippen molar-refractivity contribution in [1.82, 2.24) is 15.5 Å². The van der Waals surface area contributed by atoms with Crippen LogP contribution in [0.2, 0.25) is 0 Å². The lowest BCUT2D eigenvalue weighted by Crippen LogP contribution is -2.48. The molecule has 0 atom stereocenters. The van der Waals surface area contributed by atoms with E-state index in [-0.39, 0.29) is 29.8 Å². The highest BCUT2D eigenvalue weighted by Gasteiger charge is 2.20. The SMILES string of the molecule is CN=C(NCc1cccc(C#N)c1)NC1CCN(Cc2ccc(F)cc2)CC1.I. The summed E-state index contributed by atoms with van der Waals surface area (Å²) in [5, 5.41) is 15.8. The van der Waals surface area contributed by atoms with Gasteiger partial charge in [0.1, 0.15) is 5.82 Å². The third kappa shape index (κ3) is 7.29. The first-order valence-electron chi connectivity index (χ1n) is 9.59. The highest BCUT2D eigenvalue weighted by atomic mass is 127. The van der Waals surface area contributed by atoms with Gasteiger partial charge in [-0.05, 0) is 48.2 Å². The van der Waals surface area contributed by atoms with Crippen molar-refractivity contribution in [2.24, 2.45) is 4.99 Å². The van der Waals surface area contributed by atoms with E-state index in [1.165, 1.54) is 12.1 Å². The summed E-state index contributed by atoms with van der Waals surface area (Å²) in [7, 11) is 1.77. The maximum atomic E-state index is 13.0. The van der Waals surface area contributed by atoms with E-state index >= 15 is 0 Å². The number of aliphatic imine (C=N–C) groups is 1. The molecule has 5 nitrogen and oxygen atoms in total. The second-order valence-corrected chi connectivity index (χ2v) is 7.06. The van der Waals surface area contributed by atoms with E-state index in [9.17, 15) is 4.39 Å². The normalized spacial score (nSPS) is 15.3. The fourth-order valence-corrected chi connectivity index (χ4v) is 3.41. The van der Waals surface area contributed by atoms with Crippen LogP contribution in [-0.2, 0) is 13.1 Å². The standard InChI is InChI=1S/C22H26FN5.HI/c1-25-22(26-15-19-4-2-3-18(13-19)14-24)27-21-9-11-28(12-10-21)16-17-5-7-20(23)8-6-17;/h2-8,13,21H,9-12,15-16H2,1H3,(H2,25,26,27);1H. The second kappa shape index (κ2) is 11.7. The number of piperidine rings is 1. The Morgan fingerprint density at radius 3 is 2.55 bits per heavy atom. The van der Waals surface area contributed by atoms with Crippen LogP contribution in [0.1, 0.15) is 29.5 Å². The predicted octanol–water partition coefficient (Wildman–Crippen LogP) is 3.64. The smallest absolute Gasteiger partial charge is 0.191 e. The van der Waals surface area contributed by atoms with E-state index < -0.39 is 0 Å². The molecule has 2 aromatic carbocycles. The summed E-state index contributed by atoms with van der Waals surface area (Å²) in [6.45, 7) is 3.47. The van der Waals surface area contributed by atoms with Crippen LogP contribution in [0.3, 0.4) is 0 Å². The van der Waals surface area contributed by atoms with Gasteiger partial charge in [0.05, 0.1) is 11.6 Å². The van der Waals surface area contributed by atoms with Crippen molar-refractivity contribution >= 4 is 29.9 Å². The molecule has 3 rings (SSSR count). The molecule has 7 heteroatoms. The van der Waals surface area contributed by atoms with Gasteiger partial charge in [0.25, 0.3) is 0 Å². The van der Waals surface area contributed by atoms with Crippen molar-refractivity contribution in [3.63, 3.8) is 0 Å². The average molecular weight is 507 g/mol. The summed E-state index contributed by atoms with van der Waals surface area (Å²) in [6, 6.07) is 16.9. The molecular weight excluding hydrogens is 480 g/mol. The zero-order chi connectivity index (χ0) is 19.8. The molecule has 0 unspecified atom stereocenters. The second-order valence-electron chi connectivity index (χ2n) is 7.06. The van der Waals surface area contributed by atoms with Crippen molar-refractivity contribution in [2.75, 3.05) is 20.1 Å². The van der Waals surface area contributed by atoms with Crippen LogP contribution in [0, 0.1) is 17.1 Å². The Kier molecular flexibility index (Phi) is 9.35. The highest BCUT2D eigenvalue weighted by molar-refractivity contribution is 14.0. The van der Waals surface area contributed by atoms with Gasteiger partial charge in [-0.15, -0.1) is 24.0 Å². The zero-order valence-corrected chi connectivity index (χ0v) is 18.9. The minimum atomic E-state index is -0.190. The number of nitrogens with one attached hydrogen (secondary N) is 2. The molecule has 2 N–H and O–H groups in total. The molecule has 1 aliphatic rings. The van der Waals surface area contributed by atoms with Gasteiger partial charge < -0.3 is 10.6 Å². The number of nitrogens with zero attached hydrogens (tertiary/aromatic N) is 3. The van der Waals surface area contributed by atoms with Gasteiger partial charge in [-0.3, -0.25) is 9.89 Å². The van der Waals surface area contributed by atoms with Crippen LogP contribution in [0.4, 0.5) is 4.39 Å². The van der Waals surface area contributed by atoms with Crippen LogP contribution in [0.15, 0.2) is 53.5 Å². The highest BCUT2D eigenvalue weighted by Crippen LogP contribution is 2.14. The summed E-state index contributed by atoms with van der Waals surface area (Å²) < 4.78 is 13.0. The molecule has 0 bridgehead atoms. The fourth-order valence-electron chi connectivity index (χ4n) is 3.41. The van der Waals surface area contributed by atoms with E-state index in [0.717, 1.165) is 49.6 Å². The summed E-state index contributed by atoms with van der Waals surface area (Å²) in [5.74, 6) is 0.587. The Balaban J connectivity index is 0.00000300. The van der Waals surface area contributed by atoms with Crippen LogP contribution < -0.4 is 10.6 Å². The molecule has 0 aromatic heterocycles. The van der Waals surface area contributed by atoms with Crippen molar-refractivity contribution in [1.29, 1.82) is 5.26 Å². The molecule has 1 aliphatic heterocycles. The third-order valence-corrected chi connectivity index (χ3v) is 4.99. The molecule has 0 aliphatic carbocycles. The number of hydrogen-bond donors (Lipinski definition) is 2. The number of likely N-dealkylation sites (tertiary alicyclic amines) is 1. The van der Waals surface area contributed by atoms with E-state index in [1.807, 2.05) is 30.3 Å². The minimum Gasteiger partial charge on any atom is -0.354 e. The minimum absolute atomic E-state index is 0. The first kappa shape index (κ1) is 23.1. The maximum Gasteiger partial charge on any atom is 0.191 e. The molecule has 1 fully saturated rings. The van der Waals surface area contributed by atoms with Crippen molar-refractivity contribution in [3.8, 4) is 6.07 Å². The Morgan fingerprint density at radius 2 is 1.90 bits per heavy atom. The topological polar surface area (TPSA) is 63.5 Å².